The third-order valence-electron chi connectivity index (χ3n) is 5.27. The van der Waals surface area contributed by atoms with Crippen LogP contribution in [0.1, 0.15) is 57.3 Å². The zero-order valence-corrected chi connectivity index (χ0v) is 17.4. The standard InChI is InChI=1S/C22H32N2O4/c1-17-15-24(19(25)18-9-6-5-7-10-18)16-22(27-17)11-8-13-23(14-12-22)20(26)28-21(2,3)4/h5-7,9-10,17H,8,11-16H2,1-4H3/t17-,22-/m0/s1. The first-order chi connectivity index (χ1) is 13.2. The van der Waals surface area contributed by atoms with E-state index >= 15 is 0 Å². The molecule has 2 aliphatic rings. The Labute approximate surface area is 167 Å². The molecule has 2 fully saturated rings. The predicted octanol–water partition coefficient (Wildman–Crippen LogP) is 3.71. The van der Waals surface area contributed by atoms with Crippen LogP contribution in [0.2, 0.25) is 0 Å². The highest BCUT2D eigenvalue weighted by atomic mass is 16.6. The van der Waals surface area contributed by atoms with Crippen LogP contribution >= 0.6 is 0 Å². The summed E-state index contributed by atoms with van der Waals surface area (Å²) in [5.74, 6) is 0.0448. The molecule has 0 aliphatic carbocycles. The molecular formula is C22H32N2O4. The van der Waals surface area contributed by atoms with Crippen molar-refractivity contribution in [2.24, 2.45) is 0 Å². The SMILES string of the molecule is C[C@H]1CN(C(=O)c2ccccc2)C[C@@]2(CCCN(C(=O)OC(C)(C)C)CC2)O1. The summed E-state index contributed by atoms with van der Waals surface area (Å²) in [5.41, 5.74) is -0.204. The van der Waals surface area contributed by atoms with Gasteiger partial charge in [0.2, 0.25) is 0 Å². The van der Waals surface area contributed by atoms with Gasteiger partial charge >= 0.3 is 6.09 Å². The van der Waals surface area contributed by atoms with E-state index in [1.807, 2.05) is 62.9 Å². The Hall–Kier alpha value is -2.08. The van der Waals surface area contributed by atoms with Crippen molar-refractivity contribution in [1.29, 1.82) is 0 Å². The number of benzene rings is 1. The smallest absolute Gasteiger partial charge is 0.410 e. The van der Waals surface area contributed by atoms with Crippen LogP contribution in [0.15, 0.2) is 30.3 Å². The number of rotatable bonds is 1. The highest BCUT2D eigenvalue weighted by Gasteiger charge is 2.43. The normalized spacial score (nSPS) is 26.1. The van der Waals surface area contributed by atoms with Gasteiger partial charge in [0.15, 0.2) is 0 Å². The average molecular weight is 389 g/mol. The summed E-state index contributed by atoms with van der Waals surface area (Å²) in [7, 11) is 0. The van der Waals surface area contributed by atoms with Gasteiger partial charge in [0.05, 0.1) is 18.2 Å². The fraction of sp³-hybridized carbons (Fsp3) is 0.636. The minimum Gasteiger partial charge on any atom is -0.444 e. The Morgan fingerprint density at radius 3 is 2.50 bits per heavy atom. The minimum absolute atomic E-state index is 0.0329. The molecule has 2 saturated heterocycles. The lowest BCUT2D eigenvalue weighted by Gasteiger charge is -2.45. The maximum absolute atomic E-state index is 13.0. The summed E-state index contributed by atoms with van der Waals surface area (Å²) < 4.78 is 11.9. The molecule has 0 unspecified atom stereocenters. The summed E-state index contributed by atoms with van der Waals surface area (Å²) in [6, 6.07) is 9.39. The van der Waals surface area contributed by atoms with Crippen LogP contribution in [0.4, 0.5) is 4.79 Å². The topological polar surface area (TPSA) is 59.1 Å². The van der Waals surface area contributed by atoms with Crippen molar-refractivity contribution in [3.05, 3.63) is 35.9 Å². The van der Waals surface area contributed by atoms with Gasteiger partial charge in [-0.3, -0.25) is 4.79 Å². The Bertz CT molecular complexity index is 700. The van der Waals surface area contributed by atoms with Gasteiger partial charge < -0.3 is 19.3 Å². The van der Waals surface area contributed by atoms with E-state index in [0.717, 1.165) is 12.8 Å². The highest BCUT2D eigenvalue weighted by molar-refractivity contribution is 5.94. The van der Waals surface area contributed by atoms with Gasteiger partial charge in [0, 0.05) is 25.2 Å². The van der Waals surface area contributed by atoms with Crippen molar-refractivity contribution in [2.75, 3.05) is 26.2 Å². The molecule has 1 aromatic carbocycles. The van der Waals surface area contributed by atoms with Crippen molar-refractivity contribution in [2.45, 2.75) is 64.3 Å². The van der Waals surface area contributed by atoms with Crippen molar-refractivity contribution in [3.63, 3.8) is 0 Å². The lowest BCUT2D eigenvalue weighted by molar-refractivity contribution is -0.145. The highest BCUT2D eigenvalue weighted by Crippen LogP contribution is 2.33. The number of likely N-dealkylation sites (tertiary alicyclic amines) is 1. The van der Waals surface area contributed by atoms with E-state index < -0.39 is 11.2 Å². The number of carbonyl (C=O) groups is 2. The Morgan fingerprint density at radius 2 is 1.82 bits per heavy atom. The molecular weight excluding hydrogens is 356 g/mol. The van der Waals surface area contributed by atoms with Gasteiger partial charge in [-0.05, 0) is 59.1 Å². The van der Waals surface area contributed by atoms with Crippen molar-refractivity contribution in [1.82, 2.24) is 9.80 Å². The van der Waals surface area contributed by atoms with Crippen LogP contribution in [-0.2, 0) is 9.47 Å². The maximum atomic E-state index is 13.0. The van der Waals surface area contributed by atoms with Crippen LogP contribution in [0.5, 0.6) is 0 Å². The molecule has 1 spiro atoms. The van der Waals surface area contributed by atoms with Crippen LogP contribution in [-0.4, -0.2) is 65.3 Å². The second kappa shape index (κ2) is 8.11. The largest absolute Gasteiger partial charge is 0.444 e. The van der Waals surface area contributed by atoms with E-state index in [2.05, 4.69) is 0 Å². The maximum Gasteiger partial charge on any atom is 0.410 e. The molecule has 0 aromatic heterocycles. The molecule has 28 heavy (non-hydrogen) atoms. The van der Waals surface area contributed by atoms with Crippen LogP contribution in [0.25, 0.3) is 0 Å². The van der Waals surface area contributed by atoms with E-state index in [1.54, 1.807) is 4.90 Å². The van der Waals surface area contributed by atoms with Crippen LogP contribution in [0.3, 0.4) is 0 Å². The van der Waals surface area contributed by atoms with Gasteiger partial charge in [-0.15, -0.1) is 0 Å². The first kappa shape index (κ1) is 20.6. The molecule has 3 rings (SSSR count). The molecule has 1 aromatic rings. The molecule has 2 atom stereocenters. The van der Waals surface area contributed by atoms with Crippen molar-refractivity contribution < 1.29 is 19.1 Å². The molecule has 6 nitrogen and oxygen atoms in total. The third-order valence-corrected chi connectivity index (χ3v) is 5.27. The number of hydrogen-bond acceptors (Lipinski definition) is 4. The predicted molar refractivity (Wildman–Crippen MR) is 107 cm³/mol. The summed E-state index contributed by atoms with van der Waals surface area (Å²) in [6.07, 6.45) is 2.06. The zero-order chi connectivity index (χ0) is 20.4. The van der Waals surface area contributed by atoms with E-state index in [9.17, 15) is 9.59 Å². The van der Waals surface area contributed by atoms with Crippen LogP contribution in [0, 0.1) is 0 Å². The molecule has 0 N–H and O–H groups in total. The van der Waals surface area contributed by atoms with Crippen molar-refractivity contribution in [3.8, 4) is 0 Å². The number of nitrogens with zero attached hydrogens (tertiary/aromatic N) is 2. The second-order valence-electron chi connectivity index (χ2n) is 8.98. The number of hydrogen-bond donors (Lipinski definition) is 0. The average Bonchev–Trinajstić information content (AvgIpc) is 2.82. The van der Waals surface area contributed by atoms with Gasteiger partial charge in [-0.1, -0.05) is 18.2 Å². The van der Waals surface area contributed by atoms with E-state index in [0.29, 0.717) is 38.2 Å². The van der Waals surface area contributed by atoms with Crippen molar-refractivity contribution >= 4 is 12.0 Å². The van der Waals surface area contributed by atoms with Gasteiger partial charge in [0.25, 0.3) is 5.91 Å². The Kier molecular flexibility index (Phi) is 5.98. The summed E-state index contributed by atoms with van der Waals surface area (Å²) in [5, 5.41) is 0. The van der Waals surface area contributed by atoms with E-state index in [-0.39, 0.29) is 18.1 Å². The fourth-order valence-electron chi connectivity index (χ4n) is 4.09. The summed E-state index contributed by atoms with van der Waals surface area (Å²) in [6.45, 7) is 10.0. The molecule has 0 radical (unpaired) electrons. The van der Waals surface area contributed by atoms with Crippen LogP contribution < -0.4 is 0 Å². The first-order valence-electron chi connectivity index (χ1n) is 10.2. The number of amides is 2. The fourth-order valence-corrected chi connectivity index (χ4v) is 4.09. The summed E-state index contributed by atoms with van der Waals surface area (Å²) >= 11 is 0. The molecule has 2 aliphatic heterocycles. The second-order valence-corrected chi connectivity index (χ2v) is 8.98. The van der Waals surface area contributed by atoms with Gasteiger partial charge in [-0.2, -0.15) is 0 Å². The van der Waals surface area contributed by atoms with Gasteiger partial charge in [0.1, 0.15) is 5.60 Å². The zero-order valence-electron chi connectivity index (χ0n) is 17.4. The lowest BCUT2D eigenvalue weighted by Crippen LogP contribution is -2.57. The third kappa shape index (κ3) is 5.04. The number of ether oxygens (including phenoxy) is 2. The van der Waals surface area contributed by atoms with E-state index in [1.165, 1.54) is 0 Å². The molecule has 2 heterocycles. The summed E-state index contributed by atoms with van der Waals surface area (Å²) in [4.78, 5) is 29.1. The number of morpholine rings is 1. The van der Waals surface area contributed by atoms with Gasteiger partial charge in [-0.25, -0.2) is 4.79 Å². The van der Waals surface area contributed by atoms with E-state index in [4.69, 9.17) is 9.47 Å². The molecule has 0 saturated carbocycles. The molecule has 6 heteroatoms. The quantitative estimate of drug-likeness (QED) is 0.736. The molecule has 154 valence electrons. The molecule has 0 bridgehead atoms. The Morgan fingerprint density at radius 1 is 1.11 bits per heavy atom. The first-order valence-corrected chi connectivity index (χ1v) is 10.2. The monoisotopic (exact) mass is 388 g/mol. The molecule has 2 amide bonds. The lowest BCUT2D eigenvalue weighted by atomic mass is 9.91. The number of carbonyl (C=O) groups excluding carboxylic acids is 2. The Balaban J connectivity index is 1.69. The minimum atomic E-state index is -0.504.